The van der Waals surface area contributed by atoms with E-state index in [-0.39, 0.29) is 0 Å². The van der Waals surface area contributed by atoms with E-state index in [0.717, 1.165) is 5.34 Å². The van der Waals surface area contributed by atoms with E-state index in [4.69, 9.17) is 20.6 Å². The van der Waals surface area contributed by atoms with Crippen LogP contribution in [0, 0.1) is 10.1 Å². The lowest BCUT2D eigenvalue weighted by atomic mass is 13.4. The van der Waals surface area contributed by atoms with Crippen molar-refractivity contribution in [1.29, 1.82) is 0 Å². The summed E-state index contributed by atoms with van der Waals surface area (Å²) < 4.78 is 0. The summed E-state index contributed by atoms with van der Waals surface area (Å²) in [6.45, 7) is 0. The number of rotatable bonds is 0. The maximum atomic E-state index is 8.00. The predicted molar refractivity (Wildman–Crippen MR) is 14.1 cm³/mol. The van der Waals surface area contributed by atoms with Gasteiger partial charge in [-0.05, 0) is 0 Å². The summed E-state index contributed by atoms with van der Waals surface area (Å²) in [4.78, 5) is 8.00. The highest BCUT2D eigenvalue weighted by Gasteiger charge is 1.36. The maximum absolute atomic E-state index is 8.00. The van der Waals surface area contributed by atoms with Gasteiger partial charge >= 0.3 is 5.34 Å². The van der Waals surface area contributed by atoms with E-state index >= 15 is 0 Å². The van der Waals surface area contributed by atoms with Gasteiger partial charge in [0.1, 0.15) is 0 Å². The van der Waals surface area contributed by atoms with Crippen molar-refractivity contribution in [1.82, 2.24) is 5.34 Å². The highest BCUT2D eigenvalue weighted by atomic mass is 17.0. The summed E-state index contributed by atoms with van der Waals surface area (Å²) in [6, 6.07) is 0. The first-order chi connectivity index (χ1) is 2.41. The Bertz CT molecular complexity index is 11.1. The Labute approximate surface area is 27.3 Å². The SMILES string of the molecule is O=[N+][O-].OO. The molecule has 0 aromatic heterocycles. The molecule has 31 valence electrons. The minimum absolute atomic E-state index is 1.00. The molecule has 5 nitrogen and oxygen atoms in total. The Balaban J connectivity index is 0. The third kappa shape index (κ3) is 12.5. The van der Waals surface area contributed by atoms with E-state index in [1.165, 1.54) is 0 Å². The van der Waals surface area contributed by atoms with Gasteiger partial charge in [-0.3, -0.25) is 10.5 Å². The van der Waals surface area contributed by atoms with E-state index in [0.29, 0.717) is 0 Å². The van der Waals surface area contributed by atoms with E-state index in [9.17, 15) is 0 Å². The van der Waals surface area contributed by atoms with Crippen LogP contribution in [0.2, 0.25) is 0 Å². The minimum atomic E-state index is 1.00. The van der Waals surface area contributed by atoms with E-state index in [1.54, 1.807) is 0 Å². The lowest BCUT2D eigenvalue weighted by Gasteiger charge is -1.25. The summed E-state index contributed by atoms with van der Waals surface area (Å²) in [7, 11) is 0. The Morgan fingerprint density at radius 2 is 1.60 bits per heavy atom. The maximum Gasteiger partial charge on any atom is 0.387 e. The van der Waals surface area contributed by atoms with Gasteiger partial charge in [-0.2, -0.15) is 10.1 Å². The first kappa shape index (κ1) is 8.85. The Morgan fingerprint density at radius 1 is 1.60 bits per heavy atom. The molecule has 0 amide bonds. The van der Waals surface area contributed by atoms with Crippen LogP contribution in [0.1, 0.15) is 0 Å². The monoisotopic (exact) mass is 80.0 g/mol. The second-order valence-corrected chi connectivity index (χ2v) is 0.0745. The molecule has 0 aromatic rings. The normalized spacial score (nSPS) is 3.60. The smallest absolute Gasteiger partial charge is 0.255 e. The standard InChI is InChI=1S/NO2.H2O2/c2-1-3;1-2/h;1-2H. The lowest BCUT2D eigenvalue weighted by Crippen LogP contribution is -1.47. The van der Waals surface area contributed by atoms with Gasteiger partial charge in [0.15, 0.2) is 0 Å². The Kier molecular flexibility index (Phi) is 309. The first-order valence-electron chi connectivity index (χ1n) is 0.565. The summed E-state index contributed by atoms with van der Waals surface area (Å²) in [6.07, 6.45) is 0. The molecular formula is H2NO4. The molecule has 0 heterocycles. The van der Waals surface area contributed by atoms with Crippen molar-refractivity contribution in [2.75, 3.05) is 0 Å². The molecule has 0 aliphatic carbocycles. The molecule has 0 aromatic carbocycles. The van der Waals surface area contributed by atoms with E-state index in [2.05, 4.69) is 0 Å². The summed E-state index contributed by atoms with van der Waals surface area (Å²) in [5.41, 5.74) is 0. The van der Waals surface area contributed by atoms with Crippen LogP contribution in [0.15, 0.2) is 0 Å². The fourth-order valence-corrected chi connectivity index (χ4v) is 0. The largest absolute Gasteiger partial charge is 0.387 e. The Morgan fingerprint density at radius 3 is 1.60 bits per heavy atom. The van der Waals surface area contributed by atoms with Gasteiger partial charge in [0.2, 0.25) is 0 Å². The molecule has 0 fully saturated rings. The second kappa shape index (κ2) is 175. The van der Waals surface area contributed by atoms with Crippen LogP contribution in [0.4, 0.5) is 0 Å². The zero-order chi connectivity index (χ0) is 4.71. The minimum Gasteiger partial charge on any atom is -0.255 e. The molecule has 0 aliphatic rings. The van der Waals surface area contributed by atoms with Gasteiger partial charge in [-0.25, -0.2) is 0 Å². The quantitative estimate of drug-likeness (QED) is 0.235. The predicted octanol–water partition coefficient (Wildman–Crippen LogP) is -0.396. The van der Waals surface area contributed by atoms with Gasteiger partial charge in [0, 0.05) is 0 Å². The van der Waals surface area contributed by atoms with Gasteiger partial charge in [0.05, 0.1) is 0 Å². The van der Waals surface area contributed by atoms with Crippen LogP contribution in [0.5, 0.6) is 0 Å². The number of nitrogens with zero attached hydrogens (tertiary/aromatic N) is 1. The summed E-state index contributed by atoms with van der Waals surface area (Å²) in [5.74, 6) is 0. The molecule has 1 radical (unpaired) electrons. The summed E-state index contributed by atoms with van der Waals surface area (Å²) >= 11 is 0. The highest BCUT2D eigenvalue weighted by molar-refractivity contribution is 4.12. The molecule has 0 spiro atoms. The van der Waals surface area contributed by atoms with Crippen molar-refractivity contribution in [3.8, 4) is 0 Å². The summed E-state index contributed by atoms with van der Waals surface area (Å²) in [5, 5.41) is 21.0. The molecule has 5 heteroatoms. The molecule has 0 bridgehead atoms. The molecule has 0 unspecified atom stereocenters. The first-order valence-corrected chi connectivity index (χ1v) is 0.565. The van der Waals surface area contributed by atoms with Crippen molar-refractivity contribution in [3.05, 3.63) is 10.1 Å². The number of hydrogen-bond acceptors (Lipinski definition) is 5. The zero-order valence-corrected chi connectivity index (χ0v) is 2.16. The third-order valence-corrected chi connectivity index (χ3v) is 0. The van der Waals surface area contributed by atoms with Crippen molar-refractivity contribution >= 4 is 0 Å². The molecule has 0 rings (SSSR count). The molecule has 0 aliphatic heterocycles. The van der Waals surface area contributed by atoms with Gasteiger partial charge in [-0.15, -0.1) is 0 Å². The Hall–Kier alpha value is -0.680. The van der Waals surface area contributed by atoms with Gasteiger partial charge in [-0.1, -0.05) is 0 Å². The molecule has 5 heavy (non-hydrogen) atoms. The van der Waals surface area contributed by atoms with Crippen LogP contribution in [0.25, 0.3) is 0 Å². The van der Waals surface area contributed by atoms with Crippen LogP contribution >= 0.6 is 0 Å². The lowest BCUT2D eigenvalue weighted by molar-refractivity contribution is -0.176. The van der Waals surface area contributed by atoms with E-state index < -0.39 is 0 Å². The average molecular weight is 80.0 g/mol. The second-order valence-electron chi connectivity index (χ2n) is 0.0745. The van der Waals surface area contributed by atoms with Crippen LogP contribution in [0.3, 0.4) is 0 Å². The zero-order valence-electron chi connectivity index (χ0n) is 2.16. The average Bonchev–Trinajstić information content (AvgIpc) is 1.46. The van der Waals surface area contributed by atoms with Gasteiger partial charge in [0.25, 0.3) is 0 Å². The van der Waals surface area contributed by atoms with Crippen molar-refractivity contribution in [2.45, 2.75) is 0 Å². The number of hydrogen-bond donors (Lipinski definition) is 2. The molecule has 0 atom stereocenters. The van der Waals surface area contributed by atoms with E-state index in [1.807, 2.05) is 0 Å². The van der Waals surface area contributed by atoms with Crippen molar-refractivity contribution in [3.63, 3.8) is 0 Å². The fraction of sp³-hybridized carbons (Fsp3) is 0. The molecule has 2 N–H and O–H groups in total. The molecular weight excluding hydrogens is 78.0 g/mol. The van der Waals surface area contributed by atoms with Gasteiger partial charge < -0.3 is 0 Å². The van der Waals surface area contributed by atoms with Crippen LogP contribution < -0.4 is 5.34 Å². The topological polar surface area (TPSA) is 94.7 Å². The van der Waals surface area contributed by atoms with Crippen LogP contribution in [-0.4, -0.2) is 10.5 Å². The highest BCUT2D eigenvalue weighted by Crippen LogP contribution is 1.03. The fourth-order valence-electron chi connectivity index (χ4n) is 0. The molecule has 0 saturated heterocycles. The third-order valence-electron chi connectivity index (χ3n) is 0. The van der Waals surface area contributed by atoms with Crippen molar-refractivity contribution in [2.24, 2.45) is 0 Å². The molecule has 0 saturated carbocycles. The van der Waals surface area contributed by atoms with Crippen LogP contribution in [-0.2, 0) is 0 Å². The van der Waals surface area contributed by atoms with Crippen molar-refractivity contribution < 1.29 is 10.5 Å².